The predicted molar refractivity (Wildman–Crippen MR) is 138 cm³/mol. The quantitative estimate of drug-likeness (QED) is 0.327. The van der Waals surface area contributed by atoms with E-state index in [4.69, 9.17) is 4.74 Å². The van der Waals surface area contributed by atoms with Crippen molar-refractivity contribution in [3.05, 3.63) is 29.8 Å². The molecule has 2 rings (SSSR count). The van der Waals surface area contributed by atoms with Gasteiger partial charge in [-0.05, 0) is 70.8 Å². The van der Waals surface area contributed by atoms with Crippen LogP contribution in [-0.4, -0.2) is 75.1 Å². The van der Waals surface area contributed by atoms with Gasteiger partial charge in [-0.3, -0.25) is 14.7 Å². The maximum atomic E-state index is 12.3. The molecular weight excluding hydrogens is 505 g/mol. The molecular formula is C23H40IN5O2. The fraction of sp³-hybridized carbons (Fsp3) is 0.652. The van der Waals surface area contributed by atoms with Crippen molar-refractivity contribution in [2.24, 2.45) is 10.9 Å². The molecule has 0 spiro atoms. The molecule has 0 radical (unpaired) electrons. The van der Waals surface area contributed by atoms with Gasteiger partial charge in [-0.1, -0.05) is 12.1 Å². The second-order valence-corrected chi connectivity index (χ2v) is 9.18. The zero-order valence-corrected chi connectivity index (χ0v) is 22.4. The number of benzene rings is 1. The fourth-order valence-corrected chi connectivity index (χ4v) is 4.16. The van der Waals surface area contributed by atoms with E-state index in [1.807, 2.05) is 44.9 Å². The van der Waals surface area contributed by atoms with Crippen molar-refractivity contribution >= 4 is 35.8 Å². The van der Waals surface area contributed by atoms with E-state index in [1.54, 1.807) is 14.2 Å². The summed E-state index contributed by atoms with van der Waals surface area (Å²) in [7, 11) is 7.54. The molecule has 2 N–H and O–H groups in total. The summed E-state index contributed by atoms with van der Waals surface area (Å²) in [6, 6.07) is 8.72. The third kappa shape index (κ3) is 8.48. The van der Waals surface area contributed by atoms with Crippen molar-refractivity contribution in [2.45, 2.75) is 45.2 Å². The van der Waals surface area contributed by atoms with E-state index in [9.17, 15) is 4.79 Å². The number of amides is 1. The lowest BCUT2D eigenvalue weighted by Crippen LogP contribution is -2.50. The minimum Gasteiger partial charge on any atom is -0.497 e. The van der Waals surface area contributed by atoms with Gasteiger partial charge in [0.2, 0.25) is 5.91 Å². The van der Waals surface area contributed by atoms with Crippen LogP contribution in [0.1, 0.15) is 45.2 Å². The summed E-state index contributed by atoms with van der Waals surface area (Å²) in [6.07, 6.45) is 2.33. The van der Waals surface area contributed by atoms with Gasteiger partial charge in [0.25, 0.3) is 0 Å². The Morgan fingerprint density at radius 2 is 1.94 bits per heavy atom. The molecule has 1 aliphatic rings. The number of carbonyl (C=O) groups excluding carboxylic acids is 1. The zero-order valence-electron chi connectivity index (χ0n) is 20.1. The zero-order chi connectivity index (χ0) is 22.3. The van der Waals surface area contributed by atoms with Gasteiger partial charge in [-0.25, -0.2) is 0 Å². The number of aliphatic imine (C=N–C) groups is 1. The minimum atomic E-state index is -0.243. The van der Waals surface area contributed by atoms with E-state index in [1.165, 1.54) is 12.0 Å². The van der Waals surface area contributed by atoms with Gasteiger partial charge in [0, 0.05) is 32.2 Å². The number of methoxy groups -OCH3 is 1. The Hall–Kier alpha value is -1.55. The van der Waals surface area contributed by atoms with Crippen LogP contribution < -0.4 is 15.4 Å². The summed E-state index contributed by atoms with van der Waals surface area (Å²) < 4.78 is 5.31. The molecule has 176 valence electrons. The number of rotatable bonds is 6. The van der Waals surface area contributed by atoms with Crippen LogP contribution in [0.2, 0.25) is 0 Å². The summed E-state index contributed by atoms with van der Waals surface area (Å²) in [6.45, 7) is 8.11. The Morgan fingerprint density at radius 3 is 2.48 bits per heavy atom. The number of hydrogen-bond acceptors (Lipinski definition) is 4. The summed E-state index contributed by atoms with van der Waals surface area (Å²) in [5.41, 5.74) is 1.06. The van der Waals surface area contributed by atoms with E-state index in [-0.39, 0.29) is 42.0 Å². The topological polar surface area (TPSA) is 69.2 Å². The van der Waals surface area contributed by atoms with Crippen LogP contribution in [0.4, 0.5) is 0 Å². The van der Waals surface area contributed by atoms with Gasteiger partial charge in [0.1, 0.15) is 5.75 Å². The minimum absolute atomic E-state index is 0. The first-order valence-corrected chi connectivity index (χ1v) is 10.7. The van der Waals surface area contributed by atoms with Crippen molar-refractivity contribution in [2.75, 3.05) is 47.9 Å². The first-order valence-electron chi connectivity index (χ1n) is 10.7. The molecule has 2 atom stereocenters. The number of likely N-dealkylation sites (tertiary alicyclic amines) is 1. The van der Waals surface area contributed by atoms with Gasteiger partial charge in [-0.15, -0.1) is 24.0 Å². The first-order chi connectivity index (χ1) is 14.1. The second-order valence-electron chi connectivity index (χ2n) is 9.18. The molecule has 1 amide bonds. The number of nitrogens with one attached hydrogen (secondary N) is 2. The summed E-state index contributed by atoms with van der Waals surface area (Å²) in [5, 5.41) is 6.49. The molecule has 1 aliphatic heterocycles. The van der Waals surface area contributed by atoms with Crippen molar-refractivity contribution in [1.29, 1.82) is 0 Å². The number of halogens is 1. The van der Waals surface area contributed by atoms with Crippen molar-refractivity contribution < 1.29 is 9.53 Å². The van der Waals surface area contributed by atoms with Crippen LogP contribution in [0.3, 0.4) is 0 Å². The van der Waals surface area contributed by atoms with Gasteiger partial charge in [0.05, 0.1) is 13.7 Å². The number of guanidine groups is 1. The van der Waals surface area contributed by atoms with Crippen LogP contribution in [-0.2, 0) is 4.79 Å². The molecule has 31 heavy (non-hydrogen) atoms. The third-order valence-corrected chi connectivity index (χ3v) is 5.46. The number of nitrogens with zero attached hydrogens (tertiary/aromatic N) is 3. The average molecular weight is 546 g/mol. The molecule has 1 aromatic rings. The number of carbonyl (C=O) groups is 1. The van der Waals surface area contributed by atoms with Crippen LogP contribution in [0.5, 0.6) is 5.75 Å². The molecule has 2 unspecified atom stereocenters. The van der Waals surface area contributed by atoms with E-state index in [0.29, 0.717) is 12.0 Å². The van der Waals surface area contributed by atoms with Crippen molar-refractivity contribution in [1.82, 2.24) is 20.4 Å². The highest BCUT2D eigenvalue weighted by atomic mass is 127. The van der Waals surface area contributed by atoms with Crippen LogP contribution in [0.25, 0.3) is 0 Å². The molecule has 1 saturated heterocycles. The molecule has 1 aromatic carbocycles. The largest absolute Gasteiger partial charge is 0.497 e. The third-order valence-electron chi connectivity index (χ3n) is 5.46. The Bertz CT molecular complexity index is 718. The highest BCUT2D eigenvalue weighted by Gasteiger charge is 2.31. The lowest BCUT2D eigenvalue weighted by Gasteiger charge is -2.40. The van der Waals surface area contributed by atoms with Gasteiger partial charge in [-0.2, -0.15) is 0 Å². The molecule has 8 heteroatoms. The smallest absolute Gasteiger partial charge is 0.240 e. The summed E-state index contributed by atoms with van der Waals surface area (Å²) in [5.74, 6) is 2.05. The average Bonchev–Trinajstić information content (AvgIpc) is 2.67. The molecule has 0 bridgehead atoms. The highest BCUT2D eigenvalue weighted by molar-refractivity contribution is 14.0. The highest BCUT2D eigenvalue weighted by Crippen LogP contribution is 2.35. The Morgan fingerprint density at radius 1 is 1.29 bits per heavy atom. The molecule has 7 nitrogen and oxygen atoms in total. The van der Waals surface area contributed by atoms with Gasteiger partial charge in [0.15, 0.2) is 5.96 Å². The van der Waals surface area contributed by atoms with Crippen LogP contribution >= 0.6 is 24.0 Å². The lowest BCUT2D eigenvalue weighted by molar-refractivity contribution is -0.122. The van der Waals surface area contributed by atoms with E-state index < -0.39 is 0 Å². The van der Waals surface area contributed by atoms with Crippen LogP contribution in [0.15, 0.2) is 29.3 Å². The number of piperidine rings is 1. The van der Waals surface area contributed by atoms with Crippen LogP contribution in [0, 0.1) is 5.92 Å². The number of likely N-dealkylation sites (N-methyl/N-ethyl adjacent to an activating group) is 1. The predicted octanol–water partition coefficient (Wildman–Crippen LogP) is 3.12. The van der Waals surface area contributed by atoms with Crippen molar-refractivity contribution in [3.8, 4) is 5.75 Å². The maximum Gasteiger partial charge on any atom is 0.240 e. The number of ether oxygens (including phenoxy) is 1. The molecule has 1 fully saturated rings. The van der Waals surface area contributed by atoms with Gasteiger partial charge >= 0.3 is 0 Å². The van der Waals surface area contributed by atoms with E-state index >= 15 is 0 Å². The maximum absolute atomic E-state index is 12.3. The standard InChI is InChI=1S/C23H39N5O2.HI/c1-23(2,3)26-20(29)16-28(6)22(24-4)25-15-18-9-8-14-27(5)21(18)17-10-12-19(30-7)13-11-17;/h10-13,18,21H,8-9,14-16H2,1-7H3,(H,24,25)(H,26,29);1H. The molecule has 0 aliphatic carbocycles. The first kappa shape index (κ1) is 27.5. The molecule has 0 aromatic heterocycles. The van der Waals surface area contributed by atoms with E-state index in [2.05, 4.69) is 39.7 Å². The van der Waals surface area contributed by atoms with Crippen molar-refractivity contribution in [3.63, 3.8) is 0 Å². The summed E-state index contributed by atoms with van der Waals surface area (Å²) >= 11 is 0. The molecule has 0 saturated carbocycles. The Balaban J connectivity index is 0.00000480. The lowest BCUT2D eigenvalue weighted by atomic mass is 9.85. The van der Waals surface area contributed by atoms with Gasteiger partial charge < -0.3 is 20.3 Å². The Kier molecular flexibility index (Phi) is 11.1. The Labute approximate surface area is 205 Å². The monoisotopic (exact) mass is 545 g/mol. The second kappa shape index (κ2) is 12.5. The summed E-state index contributed by atoms with van der Waals surface area (Å²) in [4.78, 5) is 21.0. The number of hydrogen-bond donors (Lipinski definition) is 2. The normalized spacial score (nSPS) is 19.9. The van der Waals surface area contributed by atoms with E-state index in [0.717, 1.165) is 31.2 Å². The SMILES string of the molecule is CN=C(NCC1CCCN(C)C1c1ccc(OC)cc1)N(C)CC(=O)NC(C)(C)C.I. The molecule has 1 heterocycles. The fourth-order valence-electron chi connectivity index (χ4n) is 4.16.